The molecule has 1 fully saturated rings. The third-order valence-corrected chi connectivity index (χ3v) is 3.92. The van der Waals surface area contributed by atoms with Crippen LogP contribution in [0.5, 0.6) is 0 Å². The highest BCUT2D eigenvalue weighted by Gasteiger charge is 2.25. The van der Waals surface area contributed by atoms with Gasteiger partial charge in [-0.2, -0.15) is 11.8 Å². The first-order chi connectivity index (χ1) is 9.08. The predicted molar refractivity (Wildman–Crippen MR) is 78.1 cm³/mol. The van der Waals surface area contributed by atoms with Crippen LogP contribution in [-0.2, 0) is 9.59 Å². The highest BCUT2D eigenvalue weighted by molar-refractivity contribution is 7.98. The molecule has 0 radical (unpaired) electrons. The van der Waals surface area contributed by atoms with Crippen LogP contribution >= 0.6 is 11.8 Å². The largest absolute Gasteiger partial charge is 0.358 e. The number of likely N-dealkylation sites (N-methyl/N-ethyl adjacent to an activating group) is 1. The van der Waals surface area contributed by atoms with Crippen molar-refractivity contribution in [1.82, 2.24) is 15.1 Å². The summed E-state index contributed by atoms with van der Waals surface area (Å²) >= 11 is 1.70. The molecule has 110 valence electrons. The maximum absolute atomic E-state index is 12.1. The number of hydrogen-bond donors (Lipinski definition) is 2. The highest BCUT2D eigenvalue weighted by atomic mass is 32.2. The van der Waals surface area contributed by atoms with E-state index in [4.69, 9.17) is 5.73 Å². The lowest BCUT2D eigenvalue weighted by Crippen LogP contribution is -2.54. The van der Waals surface area contributed by atoms with Gasteiger partial charge in [0, 0.05) is 33.2 Å². The van der Waals surface area contributed by atoms with Gasteiger partial charge >= 0.3 is 0 Å². The van der Waals surface area contributed by atoms with Crippen molar-refractivity contribution in [3.8, 4) is 0 Å². The van der Waals surface area contributed by atoms with E-state index in [-0.39, 0.29) is 11.8 Å². The Balaban J connectivity index is 2.32. The van der Waals surface area contributed by atoms with Crippen molar-refractivity contribution >= 4 is 23.6 Å². The molecule has 1 aliphatic rings. The molecule has 0 aliphatic carbocycles. The van der Waals surface area contributed by atoms with Gasteiger partial charge in [0.1, 0.15) is 0 Å². The molecule has 6 nitrogen and oxygen atoms in total. The predicted octanol–water partition coefficient (Wildman–Crippen LogP) is -1.04. The minimum atomic E-state index is -0.391. The Morgan fingerprint density at radius 2 is 1.95 bits per heavy atom. The maximum Gasteiger partial charge on any atom is 0.239 e. The fourth-order valence-electron chi connectivity index (χ4n) is 2.01. The lowest BCUT2D eigenvalue weighted by atomic mass is 10.2. The average Bonchev–Trinajstić information content (AvgIpc) is 2.44. The van der Waals surface area contributed by atoms with Gasteiger partial charge in [0.05, 0.1) is 12.6 Å². The van der Waals surface area contributed by atoms with Crippen molar-refractivity contribution in [2.45, 2.75) is 12.5 Å². The van der Waals surface area contributed by atoms with Crippen LogP contribution in [0.25, 0.3) is 0 Å². The smallest absolute Gasteiger partial charge is 0.239 e. The average molecular weight is 288 g/mol. The summed E-state index contributed by atoms with van der Waals surface area (Å²) in [4.78, 5) is 27.2. The maximum atomic E-state index is 12.1. The normalized spacial score (nSPS) is 18.2. The zero-order valence-corrected chi connectivity index (χ0v) is 12.5. The Bertz CT molecular complexity index is 306. The first-order valence-corrected chi connectivity index (χ1v) is 7.94. The summed E-state index contributed by atoms with van der Waals surface area (Å²) in [5.41, 5.74) is 5.89. The number of piperazine rings is 1. The van der Waals surface area contributed by atoms with Crippen molar-refractivity contribution in [3.05, 3.63) is 0 Å². The van der Waals surface area contributed by atoms with Crippen molar-refractivity contribution < 1.29 is 9.59 Å². The van der Waals surface area contributed by atoms with Crippen LogP contribution in [0, 0.1) is 0 Å². The molecule has 1 heterocycles. The van der Waals surface area contributed by atoms with Gasteiger partial charge in [0.15, 0.2) is 0 Å². The van der Waals surface area contributed by atoms with Crippen LogP contribution in [0.15, 0.2) is 0 Å². The van der Waals surface area contributed by atoms with Crippen molar-refractivity contribution in [1.29, 1.82) is 0 Å². The van der Waals surface area contributed by atoms with E-state index < -0.39 is 6.04 Å². The summed E-state index contributed by atoms with van der Waals surface area (Å²) < 4.78 is 0. The number of nitrogens with one attached hydrogen (secondary N) is 1. The quantitative estimate of drug-likeness (QED) is 0.652. The molecular formula is C12H24N4O2S. The number of nitrogens with zero attached hydrogens (tertiary/aromatic N) is 2. The van der Waals surface area contributed by atoms with Crippen molar-refractivity contribution in [3.63, 3.8) is 0 Å². The molecule has 0 aromatic carbocycles. The molecule has 7 heteroatoms. The van der Waals surface area contributed by atoms with E-state index in [2.05, 4.69) is 10.2 Å². The van der Waals surface area contributed by atoms with Gasteiger partial charge in [-0.05, 0) is 18.4 Å². The number of amides is 2. The molecule has 0 saturated carbocycles. The van der Waals surface area contributed by atoms with Gasteiger partial charge in [-0.1, -0.05) is 0 Å². The van der Waals surface area contributed by atoms with Crippen LogP contribution in [0.2, 0.25) is 0 Å². The third kappa shape index (κ3) is 5.38. The minimum absolute atomic E-state index is 0.0106. The van der Waals surface area contributed by atoms with Gasteiger partial charge in [0.2, 0.25) is 11.8 Å². The minimum Gasteiger partial charge on any atom is -0.358 e. The van der Waals surface area contributed by atoms with Gasteiger partial charge in [-0.3, -0.25) is 14.5 Å². The van der Waals surface area contributed by atoms with E-state index >= 15 is 0 Å². The molecule has 1 saturated heterocycles. The van der Waals surface area contributed by atoms with Crippen LogP contribution in [0.3, 0.4) is 0 Å². The van der Waals surface area contributed by atoms with E-state index in [1.54, 1.807) is 18.8 Å². The van der Waals surface area contributed by atoms with E-state index in [1.165, 1.54) is 0 Å². The Hall–Kier alpha value is -0.790. The van der Waals surface area contributed by atoms with Crippen LogP contribution in [0.4, 0.5) is 0 Å². The number of rotatable bonds is 6. The Kier molecular flexibility index (Phi) is 7.19. The van der Waals surface area contributed by atoms with E-state index in [9.17, 15) is 9.59 Å². The Morgan fingerprint density at radius 3 is 2.47 bits per heavy atom. The Labute approximate surface area is 119 Å². The van der Waals surface area contributed by atoms with Crippen molar-refractivity contribution in [2.24, 2.45) is 5.73 Å². The van der Waals surface area contributed by atoms with Crippen LogP contribution < -0.4 is 11.1 Å². The fourth-order valence-corrected chi connectivity index (χ4v) is 2.50. The number of hydrogen-bond acceptors (Lipinski definition) is 5. The summed E-state index contributed by atoms with van der Waals surface area (Å²) in [6, 6.07) is -0.391. The second-order valence-electron chi connectivity index (χ2n) is 4.66. The van der Waals surface area contributed by atoms with Crippen LogP contribution in [0.1, 0.15) is 6.42 Å². The molecule has 19 heavy (non-hydrogen) atoms. The van der Waals surface area contributed by atoms with E-state index in [0.29, 0.717) is 19.6 Å². The van der Waals surface area contributed by atoms with Crippen LogP contribution in [-0.4, -0.2) is 79.4 Å². The number of carbonyl (C=O) groups excluding carboxylic acids is 2. The molecule has 1 rings (SSSR count). The third-order valence-electron chi connectivity index (χ3n) is 3.28. The molecule has 0 aromatic rings. The Morgan fingerprint density at radius 1 is 1.32 bits per heavy atom. The summed E-state index contributed by atoms with van der Waals surface area (Å²) in [7, 11) is 1.63. The second-order valence-corrected chi connectivity index (χ2v) is 5.65. The monoisotopic (exact) mass is 288 g/mol. The molecule has 0 spiro atoms. The SMILES string of the molecule is CNC(=O)CN1CCN(C(=O)[C@@H](N)CCSC)CC1. The lowest BCUT2D eigenvalue weighted by Gasteiger charge is -2.35. The first-order valence-electron chi connectivity index (χ1n) is 6.54. The lowest BCUT2D eigenvalue weighted by molar-refractivity contribution is -0.134. The fraction of sp³-hybridized carbons (Fsp3) is 0.833. The van der Waals surface area contributed by atoms with E-state index in [0.717, 1.165) is 25.3 Å². The number of carbonyl (C=O) groups is 2. The zero-order chi connectivity index (χ0) is 14.3. The second kappa shape index (κ2) is 8.39. The molecule has 0 bridgehead atoms. The summed E-state index contributed by atoms with van der Waals surface area (Å²) in [6.07, 6.45) is 2.73. The van der Waals surface area contributed by atoms with Crippen molar-refractivity contribution in [2.75, 3.05) is 51.8 Å². The van der Waals surface area contributed by atoms with Gasteiger partial charge < -0.3 is 16.0 Å². The first kappa shape index (κ1) is 16.3. The topological polar surface area (TPSA) is 78.7 Å². The standard InChI is InChI=1S/C12H24N4O2S/c1-14-11(17)9-15-4-6-16(7-5-15)12(18)10(13)3-8-19-2/h10H,3-9,13H2,1-2H3,(H,14,17)/t10-/m0/s1. The molecular weight excluding hydrogens is 264 g/mol. The molecule has 1 aliphatic heterocycles. The molecule has 2 amide bonds. The molecule has 1 atom stereocenters. The molecule has 0 aromatic heterocycles. The number of nitrogens with two attached hydrogens (primary N) is 1. The summed E-state index contributed by atoms with van der Waals surface area (Å²) in [5, 5.41) is 2.60. The number of thioether (sulfide) groups is 1. The summed E-state index contributed by atoms with van der Waals surface area (Å²) in [6.45, 7) is 3.17. The molecule has 3 N–H and O–H groups in total. The van der Waals surface area contributed by atoms with Gasteiger partial charge in [0.25, 0.3) is 0 Å². The van der Waals surface area contributed by atoms with Gasteiger partial charge in [-0.15, -0.1) is 0 Å². The van der Waals surface area contributed by atoms with Gasteiger partial charge in [-0.25, -0.2) is 0 Å². The van der Waals surface area contributed by atoms with E-state index in [1.807, 2.05) is 11.2 Å². The zero-order valence-electron chi connectivity index (χ0n) is 11.7. The highest BCUT2D eigenvalue weighted by Crippen LogP contribution is 2.06. The molecule has 0 unspecified atom stereocenters. The summed E-state index contributed by atoms with van der Waals surface area (Å²) in [5.74, 6) is 0.953.